The fourth-order valence-corrected chi connectivity index (χ4v) is 3.70. The molecular formula is C22H28ClN5O. The van der Waals surface area contributed by atoms with Gasteiger partial charge in [0.05, 0.1) is 23.3 Å². The summed E-state index contributed by atoms with van der Waals surface area (Å²) in [5, 5.41) is 5.05. The normalized spacial score (nSPS) is 11.8. The predicted molar refractivity (Wildman–Crippen MR) is 118 cm³/mol. The molecule has 0 atom stereocenters. The molecule has 0 aliphatic heterocycles. The molecule has 6 nitrogen and oxygen atoms in total. The Morgan fingerprint density at radius 1 is 1.31 bits per heavy atom. The van der Waals surface area contributed by atoms with Crippen LogP contribution in [0.25, 0.3) is 17.1 Å². The zero-order chi connectivity index (χ0) is 21.1. The summed E-state index contributed by atoms with van der Waals surface area (Å²) in [6, 6.07) is 8.02. The van der Waals surface area contributed by atoms with Gasteiger partial charge in [-0.05, 0) is 38.0 Å². The first-order valence-corrected chi connectivity index (χ1v) is 10.3. The number of carbonyl (C=O) groups excluding carboxylic acids is 1. The molecule has 1 amide bonds. The first-order chi connectivity index (χ1) is 13.8. The number of aryl methyl sites for hydroxylation is 2. The number of aromatic nitrogens is 4. The van der Waals surface area contributed by atoms with E-state index < -0.39 is 0 Å². The number of halogens is 1. The third kappa shape index (κ3) is 4.53. The second-order valence-electron chi connectivity index (χ2n) is 7.65. The Bertz CT molecular complexity index is 1050. The summed E-state index contributed by atoms with van der Waals surface area (Å²) in [6.07, 6.45) is 3.30. The minimum atomic E-state index is -0.105. The van der Waals surface area contributed by atoms with Crippen LogP contribution in [0.1, 0.15) is 37.9 Å². The molecule has 154 valence electrons. The van der Waals surface area contributed by atoms with Gasteiger partial charge in [-0.3, -0.25) is 9.48 Å². The molecule has 0 bridgehead atoms. The summed E-state index contributed by atoms with van der Waals surface area (Å²) < 4.78 is 3.93. The molecule has 3 aromatic rings. The van der Waals surface area contributed by atoms with E-state index in [1.165, 1.54) is 0 Å². The van der Waals surface area contributed by atoms with Crippen molar-refractivity contribution in [1.82, 2.24) is 24.2 Å². The highest BCUT2D eigenvalue weighted by atomic mass is 35.5. The number of fused-ring (bicyclic) bond motifs is 1. The summed E-state index contributed by atoms with van der Waals surface area (Å²) >= 11 is 6.46. The number of benzene rings is 1. The molecule has 0 radical (unpaired) electrons. The highest BCUT2D eigenvalue weighted by molar-refractivity contribution is 6.31. The maximum atomic E-state index is 12.7. The molecule has 0 aliphatic rings. The molecule has 0 aliphatic carbocycles. The topological polar surface area (TPSA) is 56.0 Å². The van der Waals surface area contributed by atoms with Crippen LogP contribution in [0.15, 0.2) is 30.3 Å². The minimum absolute atomic E-state index is 0.105. The van der Waals surface area contributed by atoms with Gasteiger partial charge in [0, 0.05) is 31.8 Å². The van der Waals surface area contributed by atoms with Crippen LogP contribution in [0.4, 0.5) is 0 Å². The zero-order valence-electron chi connectivity index (χ0n) is 17.7. The van der Waals surface area contributed by atoms with E-state index in [4.69, 9.17) is 16.6 Å². The summed E-state index contributed by atoms with van der Waals surface area (Å²) in [4.78, 5) is 19.0. The summed E-state index contributed by atoms with van der Waals surface area (Å²) in [7, 11) is 1.78. The quantitative estimate of drug-likeness (QED) is 0.534. The third-order valence-electron chi connectivity index (χ3n) is 4.84. The maximum Gasteiger partial charge on any atom is 0.246 e. The van der Waals surface area contributed by atoms with Crippen LogP contribution in [0.2, 0.25) is 5.15 Å². The van der Waals surface area contributed by atoms with E-state index in [0.717, 1.165) is 41.2 Å². The lowest BCUT2D eigenvalue weighted by Crippen LogP contribution is -2.26. The predicted octanol–water partition coefficient (Wildman–Crippen LogP) is 4.54. The molecule has 0 fully saturated rings. The molecule has 0 saturated carbocycles. The van der Waals surface area contributed by atoms with Crippen molar-refractivity contribution in [2.75, 3.05) is 7.05 Å². The van der Waals surface area contributed by atoms with Crippen LogP contribution >= 0.6 is 11.6 Å². The van der Waals surface area contributed by atoms with Gasteiger partial charge in [0.2, 0.25) is 5.91 Å². The van der Waals surface area contributed by atoms with Crippen molar-refractivity contribution < 1.29 is 4.79 Å². The number of para-hydroxylation sites is 2. The van der Waals surface area contributed by atoms with E-state index in [-0.39, 0.29) is 5.91 Å². The number of imidazole rings is 1. The average Bonchev–Trinajstić information content (AvgIpc) is 3.15. The lowest BCUT2D eigenvalue weighted by Gasteiger charge is -2.15. The van der Waals surface area contributed by atoms with Gasteiger partial charge >= 0.3 is 0 Å². The third-order valence-corrected chi connectivity index (χ3v) is 5.24. The number of hydrogen-bond acceptors (Lipinski definition) is 3. The Labute approximate surface area is 176 Å². The van der Waals surface area contributed by atoms with Crippen LogP contribution < -0.4 is 0 Å². The number of likely N-dealkylation sites (N-methyl/N-ethyl adjacent to an activating group) is 1. The second-order valence-corrected chi connectivity index (χ2v) is 8.01. The lowest BCUT2D eigenvalue weighted by molar-refractivity contribution is -0.125. The van der Waals surface area contributed by atoms with Crippen molar-refractivity contribution >= 4 is 34.6 Å². The van der Waals surface area contributed by atoms with E-state index in [0.29, 0.717) is 17.6 Å². The Morgan fingerprint density at radius 3 is 2.72 bits per heavy atom. The lowest BCUT2D eigenvalue weighted by atomic mass is 10.2. The van der Waals surface area contributed by atoms with Crippen LogP contribution in [-0.4, -0.2) is 37.2 Å². The number of amides is 1. The van der Waals surface area contributed by atoms with Gasteiger partial charge in [-0.25, -0.2) is 4.98 Å². The molecule has 0 spiro atoms. The summed E-state index contributed by atoms with van der Waals surface area (Å²) in [5.74, 6) is 1.21. The van der Waals surface area contributed by atoms with Gasteiger partial charge in [0.1, 0.15) is 11.0 Å². The van der Waals surface area contributed by atoms with Crippen molar-refractivity contribution in [1.29, 1.82) is 0 Å². The van der Waals surface area contributed by atoms with Crippen molar-refractivity contribution in [3.8, 4) is 0 Å². The zero-order valence-corrected chi connectivity index (χ0v) is 18.4. The van der Waals surface area contributed by atoms with Gasteiger partial charge in [0.25, 0.3) is 0 Å². The van der Waals surface area contributed by atoms with Crippen LogP contribution in [0.3, 0.4) is 0 Å². The first-order valence-electron chi connectivity index (χ1n) is 9.92. The molecule has 0 N–H and O–H groups in total. The SMILES string of the molecule is CCn1c(CN(C)C(=O)/C=C/c2c(C)nn(CC(C)C)c2Cl)nc2ccccc21. The fourth-order valence-electron chi connectivity index (χ4n) is 3.39. The van der Waals surface area contributed by atoms with Gasteiger partial charge < -0.3 is 9.47 Å². The number of hydrogen-bond donors (Lipinski definition) is 0. The van der Waals surface area contributed by atoms with Crippen molar-refractivity contribution in [3.05, 3.63) is 52.6 Å². The smallest absolute Gasteiger partial charge is 0.246 e. The van der Waals surface area contributed by atoms with Crippen LogP contribution in [0, 0.1) is 12.8 Å². The summed E-state index contributed by atoms with van der Waals surface area (Å²) in [6.45, 7) is 10.2. The van der Waals surface area contributed by atoms with Gasteiger partial charge in [-0.1, -0.05) is 37.6 Å². The number of carbonyl (C=O) groups is 1. The van der Waals surface area contributed by atoms with E-state index in [1.54, 1.807) is 28.8 Å². The standard InChI is InChI=1S/C22H28ClN5O/c1-6-27-19-10-8-7-9-18(19)24-20(27)14-26(5)21(29)12-11-17-16(4)25-28(22(17)23)13-15(2)3/h7-12,15H,6,13-14H2,1-5H3/b12-11+. The van der Waals surface area contributed by atoms with Crippen molar-refractivity contribution in [2.45, 2.75) is 47.3 Å². The monoisotopic (exact) mass is 413 g/mol. The Kier molecular flexibility index (Phi) is 6.42. The molecule has 29 heavy (non-hydrogen) atoms. The van der Waals surface area contributed by atoms with E-state index in [9.17, 15) is 4.79 Å². The second kappa shape index (κ2) is 8.82. The van der Waals surface area contributed by atoms with Crippen molar-refractivity contribution in [3.63, 3.8) is 0 Å². The van der Waals surface area contributed by atoms with E-state index in [1.807, 2.05) is 25.1 Å². The van der Waals surface area contributed by atoms with Crippen molar-refractivity contribution in [2.24, 2.45) is 5.92 Å². The summed E-state index contributed by atoms with van der Waals surface area (Å²) in [5.41, 5.74) is 3.63. The molecule has 0 unspecified atom stereocenters. The first kappa shape index (κ1) is 21.1. The van der Waals surface area contributed by atoms with E-state index in [2.05, 4.69) is 36.5 Å². The molecule has 7 heteroatoms. The largest absolute Gasteiger partial charge is 0.335 e. The fraction of sp³-hybridized carbons (Fsp3) is 0.409. The number of nitrogens with zero attached hydrogens (tertiary/aromatic N) is 5. The van der Waals surface area contributed by atoms with Crippen LogP contribution in [-0.2, 0) is 24.4 Å². The number of rotatable bonds is 7. The molecular weight excluding hydrogens is 386 g/mol. The van der Waals surface area contributed by atoms with Gasteiger partial charge in [0.15, 0.2) is 0 Å². The highest BCUT2D eigenvalue weighted by Crippen LogP contribution is 2.22. The van der Waals surface area contributed by atoms with E-state index >= 15 is 0 Å². The van der Waals surface area contributed by atoms with Gasteiger partial charge in [-0.2, -0.15) is 5.10 Å². The molecule has 1 aromatic carbocycles. The Morgan fingerprint density at radius 2 is 2.03 bits per heavy atom. The average molecular weight is 414 g/mol. The molecule has 2 heterocycles. The molecule has 0 saturated heterocycles. The van der Waals surface area contributed by atoms with Crippen LogP contribution in [0.5, 0.6) is 0 Å². The molecule has 3 rings (SSSR count). The maximum absolute atomic E-state index is 12.7. The Hall–Kier alpha value is -2.60. The van der Waals surface area contributed by atoms with Gasteiger partial charge in [-0.15, -0.1) is 0 Å². The molecule has 2 aromatic heterocycles. The minimum Gasteiger partial charge on any atom is -0.335 e. The Balaban J connectivity index is 1.76. The highest BCUT2D eigenvalue weighted by Gasteiger charge is 2.15.